The number of carbonyl (C=O) groups excluding carboxylic acids is 1. The maximum Gasteiger partial charge on any atom is 0.232 e. The molecule has 2 aliphatic rings. The van der Waals surface area contributed by atoms with Crippen LogP contribution in [0.15, 0.2) is 18.3 Å². The summed E-state index contributed by atoms with van der Waals surface area (Å²) >= 11 is 2.25. The van der Waals surface area contributed by atoms with Crippen LogP contribution in [0.2, 0.25) is 0 Å². The molecule has 1 aromatic rings. The van der Waals surface area contributed by atoms with Gasteiger partial charge in [-0.3, -0.25) is 9.78 Å². The zero-order valence-corrected chi connectivity index (χ0v) is 12.6. The molecule has 0 N–H and O–H groups in total. The van der Waals surface area contributed by atoms with Crippen LogP contribution in [0.5, 0.6) is 0 Å². The molecule has 3 rings (SSSR count). The highest BCUT2D eigenvalue weighted by atomic mass is 127. The number of halogens is 1. The minimum atomic E-state index is -0.00250. The van der Waals surface area contributed by atoms with E-state index in [1.54, 1.807) is 0 Å². The van der Waals surface area contributed by atoms with Crippen LogP contribution in [0, 0.1) is 9.49 Å². The first-order chi connectivity index (χ1) is 8.68. The second-order valence-electron chi connectivity index (χ2n) is 5.34. The highest BCUT2D eigenvalue weighted by molar-refractivity contribution is 14.1. The fraction of sp³-hybridized carbons (Fsp3) is 0.571. The zero-order chi connectivity index (χ0) is 12.7. The molecule has 2 fully saturated rings. The third-order valence-corrected chi connectivity index (χ3v) is 5.03. The first kappa shape index (κ1) is 12.4. The minimum Gasteiger partial charge on any atom is -0.342 e. The Morgan fingerprint density at radius 1 is 1.33 bits per heavy atom. The number of hydrogen-bond acceptors (Lipinski definition) is 2. The van der Waals surface area contributed by atoms with Gasteiger partial charge in [-0.2, -0.15) is 0 Å². The molecule has 1 aliphatic carbocycles. The SMILES string of the molecule is CN1C(=O)[C@H](c2ccc(I)cn2)C2CCCCC21. The predicted octanol–water partition coefficient (Wildman–Crippen LogP) is 2.80. The third kappa shape index (κ3) is 1.94. The molecule has 4 heteroatoms. The van der Waals surface area contributed by atoms with E-state index in [9.17, 15) is 4.79 Å². The Morgan fingerprint density at radius 2 is 2.11 bits per heavy atom. The molecule has 0 spiro atoms. The van der Waals surface area contributed by atoms with E-state index in [1.165, 1.54) is 19.3 Å². The van der Waals surface area contributed by atoms with Crippen LogP contribution in [0.1, 0.15) is 37.3 Å². The Bertz CT molecular complexity index is 459. The second-order valence-corrected chi connectivity index (χ2v) is 6.59. The molecule has 2 unspecified atom stereocenters. The summed E-state index contributed by atoms with van der Waals surface area (Å²) in [6.07, 6.45) is 6.70. The quantitative estimate of drug-likeness (QED) is 0.725. The highest BCUT2D eigenvalue weighted by Crippen LogP contribution is 2.44. The molecule has 3 nitrogen and oxygen atoms in total. The van der Waals surface area contributed by atoms with Crippen molar-refractivity contribution < 1.29 is 4.79 Å². The van der Waals surface area contributed by atoms with Crippen molar-refractivity contribution in [3.05, 3.63) is 27.6 Å². The lowest BCUT2D eigenvalue weighted by molar-refractivity contribution is -0.128. The summed E-state index contributed by atoms with van der Waals surface area (Å²) in [6, 6.07) is 4.51. The van der Waals surface area contributed by atoms with E-state index in [2.05, 4.69) is 27.6 Å². The average molecular weight is 356 g/mol. The Morgan fingerprint density at radius 3 is 2.83 bits per heavy atom. The molecular formula is C14H17IN2O. The van der Waals surface area contributed by atoms with Gasteiger partial charge in [0.25, 0.3) is 0 Å². The molecule has 1 amide bonds. The van der Waals surface area contributed by atoms with Gasteiger partial charge in [-0.05, 0) is 53.5 Å². The van der Waals surface area contributed by atoms with Gasteiger partial charge in [-0.25, -0.2) is 0 Å². The largest absolute Gasteiger partial charge is 0.342 e. The van der Waals surface area contributed by atoms with Crippen LogP contribution < -0.4 is 0 Å². The van der Waals surface area contributed by atoms with E-state index in [1.807, 2.05) is 30.3 Å². The molecule has 2 heterocycles. The Balaban J connectivity index is 1.95. The van der Waals surface area contributed by atoms with E-state index in [-0.39, 0.29) is 11.8 Å². The van der Waals surface area contributed by atoms with Gasteiger partial charge in [0.2, 0.25) is 5.91 Å². The van der Waals surface area contributed by atoms with Crippen molar-refractivity contribution in [2.24, 2.45) is 5.92 Å². The number of aromatic nitrogens is 1. The molecule has 1 saturated heterocycles. The number of fused-ring (bicyclic) bond motifs is 1. The van der Waals surface area contributed by atoms with Crippen molar-refractivity contribution in [1.82, 2.24) is 9.88 Å². The number of amides is 1. The van der Waals surface area contributed by atoms with Gasteiger partial charge in [0.1, 0.15) is 0 Å². The summed E-state index contributed by atoms with van der Waals surface area (Å²) in [5.41, 5.74) is 0.960. The molecule has 0 radical (unpaired) electrons. The van der Waals surface area contributed by atoms with Crippen LogP contribution in [0.3, 0.4) is 0 Å². The number of likely N-dealkylation sites (N-methyl/N-ethyl adjacent to an activating group) is 1. The van der Waals surface area contributed by atoms with Gasteiger partial charge >= 0.3 is 0 Å². The maximum atomic E-state index is 12.4. The molecule has 96 valence electrons. The van der Waals surface area contributed by atoms with Crippen molar-refractivity contribution in [1.29, 1.82) is 0 Å². The lowest BCUT2D eigenvalue weighted by Gasteiger charge is -2.29. The Labute approximate surface area is 121 Å². The molecule has 0 bridgehead atoms. The van der Waals surface area contributed by atoms with Crippen LogP contribution in [0.25, 0.3) is 0 Å². The van der Waals surface area contributed by atoms with Crippen LogP contribution >= 0.6 is 22.6 Å². The molecule has 1 aromatic heterocycles. The second kappa shape index (κ2) is 4.79. The number of pyridine rings is 1. The standard InChI is InChI=1S/C14H17IN2O/c1-17-12-5-3-2-4-10(12)13(14(17)18)11-7-6-9(15)8-16-11/h6-8,10,12-13H,2-5H2,1H3/t10?,12?,13-/m0/s1. The molecule has 1 saturated carbocycles. The molecule has 0 aromatic carbocycles. The van der Waals surface area contributed by atoms with Gasteiger partial charge in [-0.15, -0.1) is 0 Å². The molecule has 1 aliphatic heterocycles. The summed E-state index contributed by atoms with van der Waals surface area (Å²) in [5.74, 6) is 0.738. The maximum absolute atomic E-state index is 12.4. The van der Waals surface area contributed by atoms with Crippen molar-refractivity contribution in [3.63, 3.8) is 0 Å². The van der Waals surface area contributed by atoms with Gasteiger partial charge in [-0.1, -0.05) is 12.8 Å². The van der Waals surface area contributed by atoms with E-state index in [4.69, 9.17) is 0 Å². The molecule has 3 atom stereocenters. The van der Waals surface area contributed by atoms with E-state index < -0.39 is 0 Å². The first-order valence-corrected chi connectivity index (χ1v) is 7.64. The number of hydrogen-bond donors (Lipinski definition) is 0. The van der Waals surface area contributed by atoms with Crippen LogP contribution in [-0.2, 0) is 4.79 Å². The summed E-state index contributed by atoms with van der Waals surface area (Å²) < 4.78 is 1.12. The Hall–Kier alpha value is -0.650. The predicted molar refractivity (Wildman–Crippen MR) is 78.2 cm³/mol. The van der Waals surface area contributed by atoms with E-state index in [0.29, 0.717) is 12.0 Å². The van der Waals surface area contributed by atoms with Gasteiger partial charge in [0.15, 0.2) is 0 Å². The monoisotopic (exact) mass is 356 g/mol. The number of carbonyl (C=O) groups is 1. The van der Waals surface area contributed by atoms with E-state index >= 15 is 0 Å². The fourth-order valence-corrected chi connectivity index (χ4v) is 3.81. The van der Waals surface area contributed by atoms with Crippen LogP contribution in [0.4, 0.5) is 0 Å². The van der Waals surface area contributed by atoms with Crippen molar-refractivity contribution in [2.75, 3.05) is 7.05 Å². The van der Waals surface area contributed by atoms with Crippen LogP contribution in [-0.4, -0.2) is 28.9 Å². The summed E-state index contributed by atoms with van der Waals surface area (Å²) in [7, 11) is 1.96. The van der Waals surface area contributed by atoms with Crippen molar-refractivity contribution in [3.8, 4) is 0 Å². The van der Waals surface area contributed by atoms with Gasteiger partial charge in [0.05, 0.1) is 11.6 Å². The summed E-state index contributed by atoms with van der Waals surface area (Å²) in [6.45, 7) is 0. The number of rotatable bonds is 1. The fourth-order valence-electron chi connectivity index (χ4n) is 3.49. The minimum absolute atomic E-state index is 0.00250. The van der Waals surface area contributed by atoms with Gasteiger partial charge < -0.3 is 4.90 Å². The smallest absolute Gasteiger partial charge is 0.232 e. The third-order valence-electron chi connectivity index (χ3n) is 4.39. The van der Waals surface area contributed by atoms with Crippen molar-refractivity contribution >= 4 is 28.5 Å². The summed E-state index contributed by atoms with van der Waals surface area (Å²) in [5, 5.41) is 0. The number of likely N-dealkylation sites (tertiary alicyclic amines) is 1. The molecule has 18 heavy (non-hydrogen) atoms. The first-order valence-electron chi connectivity index (χ1n) is 6.56. The zero-order valence-electron chi connectivity index (χ0n) is 10.5. The number of nitrogens with zero attached hydrogens (tertiary/aromatic N) is 2. The van der Waals surface area contributed by atoms with E-state index in [0.717, 1.165) is 15.7 Å². The topological polar surface area (TPSA) is 33.2 Å². The van der Waals surface area contributed by atoms with Gasteiger partial charge in [0, 0.05) is 22.9 Å². The normalized spacial score (nSPS) is 31.6. The molecular weight excluding hydrogens is 339 g/mol. The lowest BCUT2D eigenvalue weighted by Crippen LogP contribution is -2.33. The highest BCUT2D eigenvalue weighted by Gasteiger charge is 2.48. The Kier molecular flexibility index (Phi) is 3.30. The lowest BCUT2D eigenvalue weighted by atomic mass is 9.78. The summed E-state index contributed by atoms with van der Waals surface area (Å²) in [4.78, 5) is 18.9. The van der Waals surface area contributed by atoms with Crippen molar-refractivity contribution in [2.45, 2.75) is 37.6 Å². The average Bonchev–Trinajstić information content (AvgIpc) is 2.64.